The van der Waals surface area contributed by atoms with E-state index in [4.69, 9.17) is 23.8 Å². The van der Waals surface area contributed by atoms with E-state index in [1.807, 2.05) is 18.2 Å². The van der Waals surface area contributed by atoms with Crippen LogP contribution in [0.2, 0.25) is 5.02 Å². The number of benzene rings is 1. The Balaban J connectivity index is 2.00. The van der Waals surface area contributed by atoms with Gasteiger partial charge in [0, 0.05) is 17.6 Å². The summed E-state index contributed by atoms with van der Waals surface area (Å²) in [6.45, 7) is 0.894. The van der Waals surface area contributed by atoms with E-state index in [2.05, 4.69) is 16.7 Å². The predicted octanol–water partition coefficient (Wildman–Crippen LogP) is 1.73. The van der Waals surface area contributed by atoms with Gasteiger partial charge in [0.1, 0.15) is 0 Å². The third kappa shape index (κ3) is 2.36. The van der Waals surface area contributed by atoms with Gasteiger partial charge in [-0.05, 0) is 36.3 Å². The minimum absolute atomic E-state index is 0.390. The van der Waals surface area contributed by atoms with Crippen molar-refractivity contribution in [2.75, 3.05) is 6.54 Å². The third-order valence-electron chi connectivity index (χ3n) is 2.22. The average molecular weight is 227 g/mol. The lowest BCUT2D eigenvalue weighted by molar-refractivity contribution is 0.653. The van der Waals surface area contributed by atoms with Crippen LogP contribution in [0.1, 0.15) is 5.56 Å². The van der Waals surface area contributed by atoms with Gasteiger partial charge in [0.25, 0.3) is 0 Å². The molecule has 1 fully saturated rings. The minimum atomic E-state index is 0.390. The van der Waals surface area contributed by atoms with Gasteiger partial charge in [0.2, 0.25) is 0 Å². The largest absolute Gasteiger partial charge is 0.361 e. The zero-order valence-electron chi connectivity index (χ0n) is 7.59. The van der Waals surface area contributed by atoms with Crippen LogP contribution >= 0.6 is 23.8 Å². The second kappa shape index (κ2) is 4.15. The molecule has 1 aromatic rings. The van der Waals surface area contributed by atoms with Gasteiger partial charge < -0.3 is 10.6 Å². The summed E-state index contributed by atoms with van der Waals surface area (Å²) in [5, 5.41) is 7.83. The molecule has 1 aliphatic rings. The SMILES string of the molecule is S=C1NCC(Cc2cccc(Cl)c2)N1. The van der Waals surface area contributed by atoms with E-state index in [9.17, 15) is 0 Å². The summed E-state index contributed by atoms with van der Waals surface area (Å²) in [5.41, 5.74) is 1.24. The summed E-state index contributed by atoms with van der Waals surface area (Å²) < 4.78 is 0. The Morgan fingerprint density at radius 2 is 2.36 bits per heavy atom. The van der Waals surface area contributed by atoms with Gasteiger partial charge in [-0.25, -0.2) is 0 Å². The monoisotopic (exact) mass is 226 g/mol. The number of hydrogen-bond acceptors (Lipinski definition) is 1. The highest BCUT2D eigenvalue weighted by Gasteiger charge is 2.17. The van der Waals surface area contributed by atoms with Gasteiger partial charge in [0.05, 0.1) is 0 Å². The van der Waals surface area contributed by atoms with E-state index >= 15 is 0 Å². The predicted molar refractivity (Wildman–Crippen MR) is 62.7 cm³/mol. The van der Waals surface area contributed by atoms with Gasteiger partial charge in [0.15, 0.2) is 5.11 Å². The van der Waals surface area contributed by atoms with E-state index < -0.39 is 0 Å². The average Bonchev–Trinajstić information content (AvgIpc) is 2.51. The summed E-state index contributed by atoms with van der Waals surface area (Å²) in [4.78, 5) is 0. The first-order valence-corrected chi connectivity index (χ1v) is 5.31. The van der Waals surface area contributed by atoms with Crippen LogP contribution in [0.25, 0.3) is 0 Å². The fourth-order valence-corrected chi connectivity index (χ4v) is 2.04. The maximum absolute atomic E-state index is 5.90. The van der Waals surface area contributed by atoms with Crippen LogP contribution in [0.15, 0.2) is 24.3 Å². The van der Waals surface area contributed by atoms with Gasteiger partial charge in [-0.3, -0.25) is 0 Å². The van der Waals surface area contributed by atoms with Crippen LogP contribution in [0.5, 0.6) is 0 Å². The molecule has 2 nitrogen and oxygen atoms in total. The topological polar surface area (TPSA) is 24.1 Å². The Bertz CT molecular complexity index is 354. The molecule has 2 N–H and O–H groups in total. The molecule has 14 heavy (non-hydrogen) atoms. The fourth-order valence-electron chi connectivity index (χ4n) is 1.58. The Hall–Kier alpha value is -0.800. The molecule has 0 aliphatic carbocycles. The second-order valence-electron chi connectivity index (χ2n) is 3.39. The lowest BCUT2D eigenvalue weighted by Crippen LogP contribution is -2.28. The summed E-state index contributed by atoms with van der Waals surface area (Å²) in [7, 11) is 0. The summed E-state index contributed by atoms with van der Waals surface area (Å²) in [6.07, 6.45) is 0.952. The Morgan fingerprint density at radius 3 is 3.00 bits per heavy atom. The van der Waals surface area contributed by atoms with Crippen LogP contribution < -0.4 is 10.6 Å². The molecule has 1 atom stereocenters. The molecule has 0 amide bonds. The van der Waals surface area contributed by atoms with Crippen LogP contribution in [-0.4, -0.2) is 17.7 Å². The molecule has 0 aromatic heterocycles. The van der Waals surface area contributed by atoms with Crippen LogP contribution in [-0.2, 0) is 6.42 Å². The lowest BCUT2D eigenvalue weighted by atomic mass is 10.1. The Labute approximate surface area is 93.6 Å². The van der Waals surface area contributed by atoms with E-state index in [1.54, 1.807) is 0 Å². The highest BCUT2D eigenvalue weighted by Crippen LogP contribution is 2.12. The normalized spacial score (nSPS) is 20.4. The van der Waals surface area contributed by atoms with Crippen molar-refractivity contribution in [1.82, 2.24) is 10.6 Å². The lowest BCUT2D eigenvalue weighted by Gasteiger charge is -2.08. The molecule has 74 valence electrons. The maximum atomic E-state index is 5.90. The summed E-state index contributed by atoms with van der Waals surface area (Å²) in [6, 6.07) is 8.31. The maximum Gasteiger partial charge on any atom is 0.166 e. The quantitative estimate of drug-likeness (QED) is 0.752. The van der Waals surface area contributed by atoms with Crippen molar-refractivity contribution in [2.24, 2.45) is 0 Å². The smallest absolute Gasteiger partial charge is 0.166 e. The standard InChI is InChI=1S/C10H11ClN2S/c11-8-3-1-2-7(4-8)5-9-6-12-10(14)13-9/h1-4,9H,5-6H2,(H2,12,13,14). The Kier molecular flexibility index (Phi) is 2.89. The van der Waals surface area contributed by atoms with Crippen LogP contribution in [0.3, 0.4) is 0 Å². The molecule has 0 bridgehead atoms. The van der Waals surface area contributed by atoms with Crippen molar-refractivity contribution >= 4 is 28.9 Å². The van der Waals surface area contributed by atoms with Gasteiger partial charge in [-0.15, -0.1) is 0 Å². The second-order valence-corrected chi connectivity index (χ2v) is 4.23. The first-order valence-electron chi connectivity index (χ1n) is 4.53. The molecule has 4 heteroatoms. The number of rotatable bonds is 2. The van der Waals surface area contributed by atoms with Gasteiger partial charge >= 0.3 is 0 Å². The van der Waals surface area contributed by atoms with E-state index in [1.165, 1.54) is 5.56 Å². The van der Waals surface area contributed by atoms with Crippen LogP contribution in [0, 0.1) is 0 Å². The van der Waals surface area contributed by atoms with Crippen molar-refractivity contribution in [2.45, 2.75) is 12.5 Å². The molecule has 2 rings (SSSR count). The third-order valence-corrected chi connectivity index (χ3v) is 2.71. The molecule has 0 saturated carbocycles. The number of nitrogens with one attached hydrogen (secondary N) is 2. The molecular formula is C10H11ClN2S. The number of hydrogen-bond donors (Lipinski definition) is 2. The molecule has 1 saturated heterocycles. The van der Waals surface area contributed by atoms with Gasteiger partial charge in [-0.2, -0.15) is 0 Å². The highest BCUT2D eigenvalue weighted by atomic mass is 35.5. The molecular weight excluding hydrogens is 216 g/mol. The van der Waals surface area contributed by atoms with Crippen molar-refractivity contribution < 1.29 is 0 Å². The zero-order chi connectivity index (χ0) is 9.97. The van der Waals surface area contributed by atoms with Crippen LogP contribution in [0.4, 0.5) is 0 Å². The summed E-state index contributed by atoms with van der Waals surface area (Å²) in [5.74, 6) is 0. The van der Waals surface area contributed by atoms with E-state index in [0.717, 1.165) is 23.1 Å². The van der Waals surface area contributed by atoms with E-state index in [-0.39, 0.29) is 0 Å². The molecule has 1 heterocycles. The fraction of sp³-hybridized carbons (Fsp3) is 0.300. The van der Waals surface area contributed by atoms with Crippen molar-refractivity contribution in [3.8, 4) is 0 Å². The van der Waals surface area contributed by atoms with Gasteiger partial charge in [-0.1, -0.05) is 23.7 Å². The zero-order valence-corrected chi connectivity index (χ0v) is 9.16. The first kappa shape index (κ1) is 9.74. The summed E-state index contributed by atoms with van der Waals surface area (Å²) >= 11 is 10.9. The molecule has 1 aliphatic heterocycles. The minimum Gasteiger partial charge on any atom is -0.361 e. The molecule has 0 radical (unpaired) electrons. The van der Waals surface area contributed by atoms with Crippen molar-refractivity contribution in [3.05, 3.63) is 34.9 Å². The number of thiocarbonyl (C=S) groups is 1. The van der Waals surface area contributed by atoms with Crippen molar-refractivity contribution in [3.63, 3.8) is 0 Å². The Morgan fingerprint density at radius 1 is 1.50 bits per heavy atom. The molecule has 0 spiro atoms. The molecule has 1 aromatic carbocycles. The first-order chi connectivity index (χ1) is 6.74. The van der Waals surface area contributed by atoms with E-state index in [0.29, 0.717) is 6.04 Å². The van der Waals surface area contributed by atoms with Crippen molar-refractivity contribution in [1.29, 1.82) is 0 Å². The number of halogens is 1. The highest BCUT2D eigenvalue weighted by molar-refractivity contribution is 7.80. The molecule has 1 unspecified atom stereocenters.